The standard InChI is InChI=1S/C5H7O2.3CH4.Y/c1-4(6)3-5(2)7;;;;/h1,3H2,2H3;3*1H4;/q-1;;;;. The minimum atomic E-state index is -0.312. The summed E-state index contributed by atoms with van der Waals surface area (Å²) < 4.78 is 0. The molecule has 11 heavy (non-hydrogen) atoms. The van der Waals surface area contributed by atoms with E-state index in [9.17, 15) is 9.59 Å². The summed E-state index contributed by atoms with van der Waals surface area (Å²) in [7, 11) is 0. The summed E-state index contributed by atoms with van der Waals surface area (Å²) in [4.78, 5) is 19.9. The summed E-state index contributed by atoms with van der Waals surface area (Å²) in [6.07, 6.45) is -0.0278. The average molecular weight is 236 g/mol. The first-order valence-corrected chi connectivity index (χ1v) is 1.97. The molecule has 0 N–H and O–H groups in total. The van der Waals surface area contributed by atoms with Gasteiger partial charge in [-0.15, -0.1) is 0 Å². The van der Waals surface area contributed by atoms with E-state index < -0.39 is 0 Å². The van der Waals surface area contributed by atoms with Crippen LogP contribution in [0.2, 0.25) is 0 Å². The first kappa shape index (κ1) is 30.2. The van der Waals surface area contributed by atoms with Crippen LogP contribution in [0.25, 0.3) is 0 Å². The predicted molar refractivity (Wildman–Crippen MR) is 45.9 cm³/mol. The Morgan fingerprint density at radius 2 is 1.45 bits per heavy atom. The van der Waals surface area contributed by atoms with Crippen LogP contribution in [0.5, 0.6) is 0 Å². The normalized spacial score (nSPS) is 5.18. The van der Waals surface area contributed by atoms with Crippen LogP contribution in [-0.4, -0.2) is 11.6 Å². The molecule has 0 heterocycles. The fourth-order valence-electron chi connectivity index (χ4n) is 0.278. The molecule has 0 unspecified atom stereocenters. The van der Waals surface area contributed by atoms with Gasteiger partial charge in [-0.05, 0) is 6.92 Å². The van der Waals surface area contributed by atoms with Crippen molar-refractivity contribution in [2.75, 3.05) is 0 Å². The number of hydrogen-bond donors (Lipinski definition) is 0. The minimum absolute atomic E-state index is 0. The molecule has 0 aromatic rings. The molecular weight excluding hydrogens is 217 g/mol. The number of hydrogen-bond acceptors (Lipinski definition) is 2. The van der Waals surface area contributed by atoms with Gasteiger partial charge in [0.2, 0.25) is 0 Å². The van der Waals surface area contributed by atoms with Gasteiger partial charge in [-0.3, -0.25) is 4.79 Å². The maximum Gasteiger partial charge on any atom is 0.134 e. The van der Waals surface area contributed by atoms with Gasteiger partial charge in [0, 0.05) is 44.9 Å². The smallest absolute Gasteiger partial charge is 0.134 e. The number of Topliss-reactive ketones (excluding diaryl/α,β-unsaturated/α-hetero) is 2. The predicted octanol–water partition coefficient (Wildman–Crippen LogP) is 2.27. The second kappa shape index (κ2) is 16.7. The molecule has 67 valence electrons. The van der Waals surface area contributed by atoms with Crippen molar-refractivity contribution in [1.29, 1.82) is 0 Å². The van der Waals surface area contributed by atoms with Crippen LogP contribution in [0.15, 0.2) is 0 Å². The van der Waals surface area contributed by atoms with E-state index in [1.54, 1.807) is 0 Å². The second-order valence-electron chi connectivity index (χ2n) is 1.42. The molecule has 0 fully saturated rings. The molecule has 0 spiro atoms. The van der Waals surface area contributed by atoms with E-state index in [-0.39, 0.29) is 73.0 Å². The van der Waals surface area contributed by atoms with Crippen molar-refractivity contribution >= 4 is 11.6 Å². The van der Waals surface area contributed by atoms with Gasteiger partial charge < -0.3 is 11.7 Å². The molecule has 0 aliphatic carbocycles. The molecule has 0 aromatic heterocycles. The summed E-state index contributed by atoms with van der Waals surface area (Å²) in [5.74, 6) is -0.437. The molecule has 2 nitrogen and oxygen atoms in total. The quantitative estimate of drug-likeness (QED) is 0.544. The topological polar surface area (TPSA) is 34.1 Å². The van der Waals surface area contributed by atoms with E-state index in [2.05, 4.69) is 6.92 Å². The van der Waals surface area contributed by atoms with Crippen LogP contribution < -0.4 is 0 Å². The summed E-state index contributed by atoms with van der Waals surface area (Å²) in [5.41, 5.74) is 0. The van der Waals surface area contributed by atoms with Gasteiger partial charge in [0.15, 0.2) is 0 Å². The third kappa shape index (κ3) is 38.3. The van der Waals surface area contributed by atoms with Gasteiger partial charge in [-0.2, -0.15) is 0 Å². The Labute approximate surface area is 96.0 Å². The van der Waals surface area contributed by atoms with Gasteiger partial charge >= 0.3 is 0 Å². The summed E-state index contributed by atoms with van der Waals surface area (Å²) in [5, 5.41) is 0. The Kier molecular flexibility index (Phi) is 45.9. The van der Waals surface area contributed by atoms with Gasteiger partial charge in [-0.25, -0.2) is 0 Å². The van der Waals surface area contributed by atoms with Gasteiger partial charge in [-0.1, -0.05) is 22.3 Å². The van der Waals surface area contributed by atoms with Gasteiger partial charge in [0.1, 0.15) is 5.78 Å². The fourth-order valence-corrected chi connectivity index (χ4v) is 0.278. The van der Waals surface area contributed by atoms with E-state index >= 15 is 0 Å². The zero-order chi connectivity index (χ0) is 5.86. The molecular formula is C8H19O2Y-. The van der Waals surface area contributed by atoms with E-state index in [4.69, 9.17) is 0 Å². The minimum Gasteiger partial charge on any atom is -0.339 e. The molecule has 0 saturated carbocycles. The molecule has 0 aliphatic rings. The van der Waals surface area contributed by atoms with Crippen molar-refractivity contribution in [3.8, 4) is 0 Å². The van der Waals surface area contributed by atoms with Crippen molar-refractivity contribution in [3.63, 3.8) is 0 Å². The Morgan fingerprint density at radius 3 is 1.45 bits per heavy atom. The van der Waals surface area contributed by atoms with Crippen LogP contribution in [0.3, 0.4) is 0 Å². The largest absolute Gasteiger partial charge is 0.339 e. The molecule has 0 amide bonds. The van der Waals surface area contributed by atoms with Crippen LogP contribution in [-0.2, 0) is 42.3 Å². The van der Waals surface area contributed by atoms with Gasteiger partial charge in [0.25, 0.3) is 0 Å². The molecule has 3 heteroatoms. The third-order valence-corrected chi connectivity index (χ3v) is 0.446. The molecule has 0 atom stereocenters. The van der Waals surface area contributed by atoms with Crippen molar-refractivity contribution in [2.24, 2.45) is 0 Å². The molecule has 0 saturated heterocycles. The van der Waals surface area contributed by atoms with Crippen molar-refractivity contribution in [1.82, 2.24) is 0 Å². The number of ketones is 2. The summed E-state index contributed by atoms with van der Waals surface area (Å²) in [6.45, 7) is 4.38. The Hall–Kier alpha value is 0.314. The number of carbonyl (C=O) groups is 2. The van der Waals surface area contributed by atoms with E-state index in [1.165, 1.54) is 6.92 Å². The first-order chi connectivity index (χ1) is 3.13. The maximum atomic E-state index is 9.99. The van der Waals surface area contributed by atoms with Crippen LogP contribution in [0.1, 0.15) is 35.6 Å². The Bertz CT molecular complexity index is 88.3. The SMILES string of the molecule is C.C.C.[CH2-]C(=O)CC(C)=O.[Y]. The van der Waals surface area contributed by atoms with E-state index in [0.29, 0.717) is 0 Å². The third-order valence-electron chi connectivity index (χ3n) is 0.446. The molecule has 0 aliphatic heterocycles. The summed E-state index contributed by atoms with van der Waals surface area (Å²) >= 11 is 0. The van der Waals surface area contributed by atoms with Crippen LogP contribution >= 0.6 is 0 Å². The van der Waals surface area contributed by atoms with Crippen LogP contribution in [0, 0.1) is 6.92 Å². The Balaban J connectivity index is -0.0000000300. The zero-order valence-electron chi connectivity index (χ0n) is 4.81. The molecule has 0 rings (SSSR count). The number of rotatable bonds is 2. The van der Waals surface area contributed by atoms with Crippen LogP contribution in [0.4, 0.5) is 0 Å². The fraction of sp³-hybridized carbons (Fsp3) is 0.625. The average Bonchev–Trinajstić information content (AvgIpc) is 1.27. The van der Waals surface area contributed by atoms with Crippen molar-refractivity contribution in [2.45, 2.75) is 35.6 Å². The van der Waals surface area contributed by atoms with Crippen molar-refractivity contribution < 1.29 is 42.3 Å². The van der Waals surface area contributed by atoms with E-state index in [0.717, 1.165) is 0 Å². The number of carbonyl (C=O) groups excluding carboxylic acids is 2. The van der Waals surface area contributed by atoms with E-state index in [1.807, 2.05) is 0 Å². The maximum absolute atomic E-state index is 9.99. The first-order valence-electron chi connectivity index (χ1n) is 1.97. The molecule has 1 radical (unpaired) electrons. The van der Waals surface area contributed by atoms with Gasteiger partial charge in [0.05, 0.1) is 0 Å². The molecule has 0 aromatic carbocycles. The summed E-state index contributed by atoms with van der Waals surface area (Å²) in [6, 6.07) is 0. The second-order valence-corrected chi connectivity index (χ2v) is 1.42. The monoisotopic (exact) mass is 236 g/mol. The zero-order valence-corrected chi connectivity index (χ0v) is 7.65. The van der Waals surface area contributed by atoms with Crippen molar-refractivity contribution in [3.05, 3.63) is 6.92 Å². The Morgan fingerprint density at radius 1 is 1.18 bits per heavy atom. The molecule has 0 bridgehead atoms.